The Morgan fingerprint density at radius 3 is 2.64 bits per heavy atom. The van der Waals surface area contributed by atoms with E-state index in [4.69, 9.17) is 4.74 Å². The number of alkyl halides is 3. The molecule has 1 heterocycles. The fourth-order valence-corrected chi connectivity index (χ4v) is 4.29. The Bertz CT molecular complexity index is 544. The molecule has 0 spiro atoms. The van der Waals surface area contributed by atoms with Gasteiger partial charge in [0.25, 0.3) is 10.1 Å². The van der Waals surface area contributed by atoms with Gasteiger partial charge in [-0.05, 0) is 6.42 Å². The van der Waals surface area contributed by atoms with Crippen LogP contribution in [0.25, 0.3) is 0 Å². The monoisotopic (exact) mass is 344 g/mol. The van der Waals surface area contributed by atoms with Crippen molar-refractivity contribution in [2.45, 2.75) is 24.8 Å². The van der Waals surface area contributed by atoms with E-state index in [0.717, 1.165) is 6.08 Å². The summed E-state index contributed by atoms with van der Waals surface area (Å²) in [5, 5.41) is 0. The molecule has 4 atom stereocenters. The van der Waals surface area contributed by atoms with Crippen LogP contribution in [-0.2, 0) is 28.6 Å². The van der Waals surface area contributed by atoms with Gasteiger partial charge in [-0.15, -0.1) is 0 Å². The highest BCUT2D eigenvalue weighted by Gasteiger charge is 2.60. The largest absolute Gasteiger partial charge is 0.460 e. The molecule has 6 nitrogen and oxygen atoms in total. The van der Waals surface area contributed by atoms with Crippen molar-refractivity contribution < 1.29 is 40.0 Å². The minimum atomic E-state index is -4.56. The molecule has 1 saturated carbocycles. The number of rotatable bonds is 5. The molecule has 0 aromatic carbocycles. The molecule has 0 amide bonds. The van der Waals surface area contributed by atoms with E-state index in [9.17, 15) is 26.4 Å². The van der Waals surface area contributed by atoms with E-state index in [1.807, 2.05) is 0 Å². The molecule has 1 aliphatic carbocycles. The van der Waals surface area contributed by atoms with E-state index in [0.29, 0.717) is 0 Å². The van der Waals surface area contributed by atoms with Crippen LogP contribution in [0.3, 0.4) is 0 Å². The molecule has 0 N–H and O–H groups in total. The summed E-state index contributed by atoms with van der Waals surface area (Å²) in [5.41, 5.74) is 0. The van der Waals surface area contributed by atoms with Gasteiger partial charge in [-0.3, -0.25) is 4.18 Å². The van der Waals surface area contributed by atoms with E-state index in [-0.39, 0.29) is 19.6 Å². The molecule has 0 radical (unpaired) electrons. The van der Waals surface area contributed by atoms with E-state index < -0.39 is 52.1 Å². The molecule has 2 fully saturated rings. The standard InChI is InChI=1S/C12H15F3O6S/c1-2-9(16)19-3-4-20-10-7-5-8(12(13,14)15)11(10)21-22(17,18)6-7/h2,7-8,10-11H,1,3-6H2. The lowest BCUT2D eigenvalue weighted by molar-refractivity contribution is -0.196. The Kier molecular flexibility index (Phi) is 4.83. The molecular weight excluding hydrogens is 329 g/mol. The smallest absolute Gasteiger partial charge is 0.394 e. The van der Waals surface area contributed by atoms with Gasteiger partial charge in [-0.2, -0.15) is 21.6 Å². The van der Waals surface area contributed by atoms with Crippen LogP contribution in [0, 0.1) is 11.8 Å². The van der Waals surface area contributed by atoms with Crippen LogP contribution >= 0.6 is 0 Å². The number of fused-ring (bicyclic) bond motifs is 2. The van der Waals surface area contributed by atoms with E-state index >= 15 is 0 Å². The molecular formula is C12H15F3O6S. The normalized spacial score (nSPS) is 33.4. The Morgan fingerprint density at radius 1 is 1.36 bits per heavy atom. The first-order valence-electron chi connectivity index (χ1n) is 6.52. The predicted octanol–water partition coefficient (Wildman–Crippen LogP) is 1.03. The molecule has 22 heavy (non-hydrogen) atoms. The molecule has 2 aliphatic rings. The molecule has 1 saturated heterocycles. The zero-order valence-corrected chi connectivity index (χ0v) is 12.2. The van der Waals surface area contributed by atoms with Crippen molar-refractivity contribution in [1.29, 1.82) is 0 Å². The third kappa shape index (κ3) is 3.79. The molecule has 2 rings (SSSR count). The van der Waals surface area contributed by atoms with Gasteiger partial charge in [0.1, 0.15) is 12.7 Å². The van der Waals surface area contributed by atoms with Crippen LogP contribution in [0.5, 0.6) is 0 Å². The van der Waals surface area contributed by atoms with Crippen molar-refractivity contribution in [2.75, 3.05) is 19.0 Å². The Morgan fingerprint density at radius 2 is 2.05 bits per heavy atom. The van der Waals surface area contributed by atoms with Crippen LogP contribution in [0.4, 0.5) is 13.2 Å². The van der Waals surface area contributed by atoms with Gasteiger partial charge in [0.05, 0.1) is 24.4 Å². The lowest BCUT2D eigenvalue weighted by atomic mass is 10.1. The summed E-state index contributed by atoms with van der Waals surface area (Å²) in [5.74, 6) is -3.85. The number of carbonyl (C=O) groups is 1. The van der Waals surface area contributed by atoms with Crippen molar-refractivity contribution in [2.24, 2.45) is 11.8 Å². The Labute approximate surface area is 125 Å². The molecule has 126 valence electrons. The highest BCUT2D eigenvalue weighted by molar-refractivity contribution is 7.86. The number of hydrogen-bond acceptors (Lipinski definition) is 6. The number of hydrogen-bond donors (Lipinski definition) is 0. The van der Waals surface area contributed by atoms with Gasteiger partial charge in [0, 0.05) is 12.0 Å². The molecule has 2 bridgehead atoms. The van der Waals surface area contributed by atoms with Crippen LogP contribution in [0.2, 0.25) is 0 Å². The quantitative estimate of drug-likeness (QED) is 0.321. The van der Waals surface area contributed by atoms with Gasteiger partial charge < -0.3 is 9.47 Å². The lowest BCUT2D eigenvalue weighted by Crippen LogP contribution is -2.45. The summed E-state index contributed by atoms with van der Waals surface area (Å²) in [6.45, 7) is 2.88. The maximum absolute atomic E-state index is 13.0. The summed E-state index contributed by atoms with van der Waals surface area (Å²) in [6, 6.07) is 0. The summed E-state index contributed by atoms with van der Waals surface area (Å²) < 4.78 is 76.3. The maximum atomic E-state index is 13.0. The highest BCUT2D eigenvalue weighted by Crippen LogP contribution is 2.48. The van der Waals surface area contributed by atoms with E-state index in [1.165, 1.54) is 0 Å². The average Bonchev–Trinajstić information content (AvgIpc) is 2.62. The van der Waals surface area contributed by atoms with Crippen molar-refractivity contribution in [1.82, 2.24) is 0 Å². The van der Waals surface area contributed by atoms with Crippen LogP contribution < -0.4 is 0 Å². The van der Waals surface area contributed by atoms with Crippen molar-refractivity contribution in [3.05, 3.63) is 12.7 Å². The van der Waals surface area contributed by atoms with Gasteiger partial charge in [-0.1, -0.05) is 6.58 Å². The first kappa shape index (κ1) is 17.2. The topological polar surface area (TPSA) is 78.9 Å². The molecule has 0 aromatic heterocycles. The first-order valence-corrected chi connectivity index (χ1v) is 8.10. The third-order valence-electron chi connectivity index (χ3n) is 3.64. The Balaban J connectivity index is 2.00. The molecule has 4 unspecified atom stereocenters. The third-order valence-corrected chi connectivity index (χ3v) is 4.99. The number of esters is 1. The van der Waals surface area contributed by atoms with E-state index in [1.54, 1.807) is 0 Å². The zero-order chi connectivity index (χ0) is 16.5. The number of carbonyl (C=O) groups excluding carboxylic acids is 1. The predicted molar refractivity (Wildman–Crippen MR) is 67.2 cm³/mol. The highest BCUT2D eigenvalue weighted by atomic mass is 32.2. The fourth-order valence-electron chi connectivity index (χ4n) is 2.78. The van der Waals surface area contributed by atoms with Crippen LogP contribution in [-0.4, -0.2) is 51.7 Å². The number of ether oxygens (including phenoxy) is 2. The average molecular weight is 344 g/mol. The second-order valence-electron chi connectivity index (χ2n) is 5.14. The Hall–Kier alpha value is -1.13. The summed E-state index contributed by atoms with van der Waals surface area (Å²) in [6.07, 6.45) is -6.54. The van der Waals surface area contributed by atoms with Crippen LogP contribution in [0.15, 0.2) is 12.7 Å². The number of halogens is 3. The van der Waals surface area contributed by atoms with Crippen molar-refractivity contribution in [3.63, 3.8) is 0 Å². The van der Waals surface area contributed by atoms with Crippen molar-refractivity contribution >= 4 is 16.1 Å². The van der Waals surface area contributed by atoms with Gasteiger partial charge in [0.15, 0.2) is 0 Å². The second kappa shape index (κ2) is 6.17. The SMILES string of the molecule is C=CC(=O)OCCOC1C2CC(C(F)(F)F)C1OS(=O)(=O)C2. The molecule has 1 aliphatic heterocycles. The summed E-state index contributed by atoms with van der Waals surface area (Å²) in [4.78, 5) is 10.8. The van der Waals surface area contributed by atoms with Crippen molar-refractivity contribution in [3.8, 4) is 0 Å². The minimum absolute atomic E-state index is 0.148. The maximum Gasteiger partial charge on any atom is 0.394 e. The summed E-state index contributed by atoms with van der Waals surface area (Å²) >= 11 is 0. The van der Waals surface area contributed by atoms with Crippen LogP contribution in [0.1, 0.15) is 6.42 Å². The van der Waals surface area contributed by atoms with Gasteiger partial charge in [0.2, 0.25) is 0 Å². The second-order valence-corrected chi connectivity index (χ2v) is 6.78. The van der Waals surface area contributed by atoms with E-state index in [2.05, 4.69) is 15.5 Å². The fraction of sp³-hybridized carbons (Fsp3) is 0.750. The lowest BCUT2D eigenvalue weighted by Gasteiger charge is -2.31. The zero-order valence-electron chi connectivity index (χ0n) is 11.4. The minimum Gasteiger partial charge on any atom is -0.460 e. The summed E-state index contributed by atoms with van der Waals surface area (Å²) in [7, 11) is -3.97. The molecule has 0 aromatic rings. The van der Waals surface area contributed by atoms with Gasteiger partial charge >= 0.3 is 12.1 Å². The first-order chi connectivity index (χ1) is 10.1. The molecule has 10 heteroatoms. The van der Waals surface area contributed by atoms with Gasteiger partial charge in [-0.25, -0.2) is 4.79 Å².